The van der Waals surface area contributed by atoms with Crippen LogP contribution in [0.25, 0.3) is 0 Å². The molecule has 1 amide bonds. The van der Waals surface area contributed by atoms with E-state index in [1.54, 1.807) is 35.6 Å². The molecule has 0 radical (unpaired) electrons. The number of rotatable bonds is 4. The zero-order chi connectivity index (χ0) is 17.1. The Labute approximate surface area is 150 Å². The number of likely N-dealkylation sites (tertiary alicyclic amines) is 1. The summed E-state index contributed by atoms with van der Waals surface area (Å²) in [5.74, 6) is -0.181. The highest BCUT2D eigenvalue weighted by Gasteiger charge is 2.29. The molecule has 24 heavy (non-hydrogen) atoms. The van der Waals surface area contributed by atoms with E-state index in [9.17, 15) is 9.90 Å². The molecule has 2 heterocycles. The van der Waals surface area contributed by atoms with E-state index in [4.69, 9.17) is 11.6 Å². The first-order valence-corrected chi connectivity index (χ1v) is 9.15. The predicted molar refractivity (Wildman–Crippen MR) is 95.5 cm³/mol. The summed E-state index contributed by atoms with van der Waals surface area (Å²) in [6.07, 6.45) is 0.124. The molecule has 128 valence electrons. The number of halogens is 1. The fourth-order valence-corrected chi connectivity index (χ4v) is 3.60. The Morgan fingerprint density at radius 3 is 2.83 bits per heavy atom. The highest BCUT2D eigenvalue weighted by molar-refractivity contribution is 7.09. The van der Waals surface area contributed by atoms with Crippen LogP contribution in [0.15, 0.2) is 29.6 Å². The number of aromatic nitrogens is 1. The number of nitrogens with zero attached hydrogens (tertiary/aromatic N) is 2. The number of amides is 1. The van der Waals surface area contributed by atoms with Crippen molar-refractivity contribution < 1.29 is 9.90 Å². The van der Waals surface area contributed by atoms with Crippen molar-refractivity contribution >= 4 is 28.8 Å². The number of β-amino-alcohol motifs (C(OH)–C–C–N with tert-alkyl or cyclic N) is 1. The summed E-state index contributed by atoms with van der Waals surface area (Å²) in [5.41, 5.74) is 1.58. The van der Waals surface area contributed by atoms with Crippen LogP contribution in [0.3, 0.4) is 0 Å². The van der Waals surface area contributed by atoms with E-state index in [0.717, 1.165) is 23.8 Å². The molecule has 5 nitrogen and oxygen atoms in total. The second-order valence-corrected chi connectivity index (χ2v) is 7.53. The molecule has 1 aromatic carbocycles. The molecule has 0 unspecified atom stereocenters. The molecular formula is C17H20ClN3O2S. The zero-order valence-electron chi connectivity index (χ0n) is 13.4. The molecule has 0 spiro atoms. The first kappa shape index (κ1) is 17.4. The van der Waals surface area contributed by atoms with E-state index >= 15 is 0 Å². The summed E-state index contributed by atoms with van der Waals surface area (Å²) in [6, 6.07) is 6.51. The van der Waals surface area contributed by atoms with Gasteiger partial charge in [-0.1, -0.05) is 11.6 Å². The molecule has 2 aromatic rings. The van der Waals surface area contributed by atoms with Crippen LogP contribution in [0, 0.1) is 6.92 Å². The van der Waals surface area contributed by atoms with Crippen molar-refractivity contribution in [2.75, 3.05) is 13.1 Å². The molecule has 1 aliphatic rings. The average molecular weight is 366 g/mol. The Morgan fingerprint density at radius 2 is 2.21 bits per heavy atom. The summed E-state index contributed by atoms with van der Waals surface area (Å²) in [6.45, 7) is 4.07. The summed E-state index contributed by atoms with van der Waals surface area (Å²) in [5, 5.41) is 17.0. The lowest BCUT2D eigenvalue weighted by Gasteiger charge is -2.35. The minimum atomic E-state index is -0.588. The quantitative estimate of drug-likeness (QED) is 0.873. The minimum Gasteiger partial charge on any atom is -0.390 e. The second kappa shape index (κ2) is 7.61. The summed E-state index contributed by atoms with van der Waals surface area (Å²) < 4.78 is 0. The topological polar surface area (TPSA) is 65.5 Å². The van der Waals surface area contributed by atoms with Crippen LogP contribution in [0.4, 0.5) is 0 Å². The van der Waals surface area contributed by atoms with Crippen LogP contribution in [0.2, 0.25) is 5.02 Å². The van der Waals surface area contributed by atoms with Crippen molar-refractivity contribution in [3.63, 3.8) is 0 Å². The maximum absolute atomic E-state index is 12.3. The van der Waals surface area contributed by atoms with Crippen molar-refractivity contribution in [2.45, 2.75) is 32.0 Å². The zero-order valence-corrected chi connectivity index (χ0v) is 15.0. The normalized spacial score (nSPS) is 21.6. The van der Waals surface area contributed by atoms with Gasteiger partial charge in [0.2, 0.25) is 0 Å². The number of aryl methyl sites for hydroxylation is 1. The first-order valence-electron chi connectivity index (χ1n) is 7.89. The molecule has 0 saturated carbocycles. The average Bonchev–Trinajstić information content (AvgIpc) is 2.95. The van der Waals surface area contributed by atoms with Crippen molar-refractivity contribution in [1.29, 1.82) is 0 Å². The maximum atomic E-state index is 12.3. The summed E-state index contributed by atoms with van der Waals surface area (Å²) in [7, 11) is 0. The van der Waals surface area contributed by atoms with Gasteiger partial charge in [0.1, 0.15) is 0 Å². The van der Waals surface area contributed by atoms with Crippen LogP contribution in [-0.2, 0) is 6.54 Å². The summed E-state index contributed by atoms with van der Waals surface area (Å²) in [4.78, 5) is 18.9. The van der Waals surface area contributed by atoms with Crippen LogP contribution >= 0.6 is 22.9 Å². The number of carbonyl (C=O) groups excluding carboxylic acids is 1. The summed E-state index contributed by atoms with van der Waals surface area (Å²) >= 11 is 7.47. The molecule has 1 aromatic heterocycles. The molecular weight excluding hydrogens is 346 g/mol. The highest BCUT2D eigenvalue weighted by Crippen LogP contribution is 2.17. The van der Waals surface area contributed by atoms with E-state index < -0.39 is 6.10 Å². The van der Waals surface area contributed by atoms with Gasteiger partial charge in [0.25, 0.3) is 5.91 Å². The Morgan fingerprint density at radius 1 is 1.46 bits per heavy atom. The van der Waals surface area contributed by atoms with E-state index in [-0.39, 0.29) is 11.9 Å². The van der Waals surface area contributed by atoms with Gasteiger partial charge in [0.05, 0.1) is 22.8 Å². The fourth-order valence-electron chi connectivity index (χ4n) is 2.87. The molecule has 1 aliphatic heterocycles. The molecule has 0 aliphatic carbocycles. The predicted octanol–water partition coefficient (Wildman–Crippen LogP) is 2.47. The van der Waals surface area contributed by atoms with Gasteiger partial charge in [-0.3, -0.25) is 9.69 Å². The molecule has 1 saturated heterocycles. The molecule has 1 fully saturated rings. The number of benzene rings is 1. The third-order valence-electron chi connectivity index (χ3n) is 4.14. The molecule has 0 bridgehead atoms. The van der Waals surface area contributed by atoms with E-state index in [1.165, 1.54) is 0 Å². The van der Waals surface area contributed by atoms with Gasteiger partial charge in [-0.05, 0) is 37.6 Å². The van der Waals surface area contributed by atoms with E-state index in [1.807, 2.05) is 6.92 Å². The molecule has 3 rings (SSSR count). The number of hydrogen-bond acceptors (Lipinski definition) is 5. The number of nitrogens with one attached hydrogen (secondary N) is 1. The minimum absolute atomic E-state index is 0.181. The van der Waals surface area contributed by atoms with Crippen molar-refractivity contribution in [3.05, 3.63) is 50.9 Å². The molecule has 2 N–H and O–H groups in total. The lowest BCUT2D eigenvalue weighted by atomic mass is 10.0. The van der Waals surface area contributed by atoms with Gasteiger partial charge >= 0.3 is 0 Å². The van der Waals surface area contributed by atoms with Gasteiger partial charge in [0.15, 0.2) is 0 Å². The van der Waals surface area contributed by atoms with Gasteiger partial charge in [-0.15, -0.1) is 11.3 Å². The molecule has 2 atom stereocenters. The van der Waals surface area contributed by atoms with Crippen LogP contribution in [0.1, 0.15) is 27.5 Å². The lowest BCUT2D eigenvalue weighted by molar-refractivity contribution is 0.0346. The number of aliphatic hydroxyl groups excluding tert-OH is 1. The van der Waals surface area contributed by atoms with Crippen molar-refractivity contribution in [1.82, 2.24) is 15.2 Å². The fraction of sp³-hybridized carbons (Fsp3) is 0.412. The Hall–Kier alpha value is -1.47. The van der Waals surface area contributed by atoms with Crippen molar-refractivity contribution in [2.24, 2.45) is 0 Å². The number of thiazole rings is 1. The number of hydrogen-bond donors (Lipinski definition) is 2. The first-order chi connectivity index (χ1) is 11.5. The largest absolute Gasteiger partial charge is 0.390 e. The van der Waals surface area contributed by atoms with E-state index in [2.05, 4.69) is 20.6 Å². The van der Waals surface area contributed by atoms with Gasteiger partial charge in [0, 0.05) is 35.6 Å². The smallest absolute Gasteiger partial charge is 0.251 e. The number of carbonyl (C=O) groups is 1. The standard InChI is InChI=1S/C17H20ClN3O2S/c1-11-19-14(10-24-11)8-21-7-6-15(16(22)9-21)20-17(23)12-2-4-13(18)5-3-12/h2-5,10,15-16,22H,6-9H2,1H3,(H,20,23)/t15-,16-/m1/s1. The number of aliphatic hydroxyl groups is 1. The Kier molecular flexibility index (Phi) is 5.50. The van der Waals surface area contributed by atoms with Crippen LogP contribution < -0.4 is 5.32 Å². The lowest BCUT2D eigenvalue weighted by Crippen LogP contribution is -2.53. The van der Waals surface area contributed by atoms with Gasteiger partial charge in [-0.2, -0.15) is 0 Å². The second-order valence-electron chi connectivity index (χ2n) is 6.04. The van der Waals surface area contributed by atoms with Crippen LogP contribution in [0.5, 0.6) is 0 Å². The third kappa shape index (κ3) is 4.33. The van der Waals surface area contributed by atoms with E-state index in [0.29, 0.717) is 23.6 Å². The van der Waals surface area contributed by atoms with Crippen LogP contribution in [-0.4, -0.2) is 46.1 Å². The van der Waals surface area contributed by atoms with Crippen molar-refractivity contribution in [3.8, 4) is 0 Å². The Balaban J connectivity index is 1.53. The molecule has 7 heteroatoms. The number of piperidine rings is 1. The Bertz CT molecular complexity index is 704. The SMILES string of the molecule is Cc1nc(CN2CC[C@@H](NC(=O)c3ccc(Cl)cc3)[C@H](O)C2)cs1. The van der Waals surface area contributed by atoms with Gasteiger partial charge in [-0.25, -0.2) is 4.98 Å². The maximum Gasteiger partial charge on any atom is 0.251 e. The highest BCUT2D eigenvalue weighted by atomic mass is 35.5. The van der Waals surface area contributed by atoms with Gasteiger partial charge < -0.3 is 10.4 Å². The monoisotopic (exact) mass is 365 g/mol. The third-order valence-corrected chi connectivity index (χ3v) is 5.22.